The van der Waals surface area contributed by atoms with Gasteiger partial charge in [0.1, 0.15) is 12.3 Å². The maximum atomic E-state index is 13.5. The van der Waals surface area contributed by atoms with E-state index in [1.807, 2.05) is 0 Å². The lowest BCUT2D eigenvalue weighted by atomic mass is 10.2. The highest BCUT2D eigenvalue weighted by Crippen LogP contribution is 2.33. The Morgan fingerprint density at radius 1 is 1.05 bits per heavy atom. The van der Waals surface area contributed by atoms with E-state index in [1.165, 1.54) is 30.3 Å². The van der Waals surface area contributed by atoms with Gasteiger partial charge in [-0.15, -0.1) is 0 Å². The van der Waals surface area contributed by atoms with Crippen molar-refractivity contribution in [2.45, 2.75) is 24.5 Å². The molecule has 0 heterocycles. The van der Waals surface area contributed by atoms with E-state index >= 15 is 0 Å². The van der Waals surface area contributed by atoms with Crippen molar-refractivity contribution in [1.82, 2.24) is 5.32 Å². The van der Waals surface area contributed by atoms with E-state index < -0.39 is 51.7 Å². The number of benzene rings is 3. The van der Waals surface area contributed by atoms with Crippen LogP contribution in [0.2, 0.25) is 5.02 Å². The van der Waals surface area contributed by atoms with Crippen LogP contribution in [0, 0.1) is 6.92 Å². The number of ether oxygens (including phenoxy) is 1. The van der Waals surface area contributed by atoms with Gasteiger partial charge in [-0.05, 0) is 66.6 Å². The standard InChI is InChI=1S/C25H22ClF3N2O6S/c1-16-21(26)6-3-7-22(16)31(38(35,36)20-10-8-18(9-11-20)25(27,28)29)14-23(32)30-13-17-4-2-5-19(12-17)37-15-24(33)34/h2-12H,13-15H2,1H3,(H,30,32)(H,33,34). The number of anilines is 1. The predicted molar refractivity (Wildman–Crippen MR) is 134 cm³/mol. The number of halogens is 4. The minimum Gasteiger partial charge on any atom is -0.482 e. The average Bonchev–Trinajstić information content (AvgIpc) is 2.86. The molecule has 0 radical (unpaired) electrons. The summed E-state index contributed by atoms with van der Waals surface area (Å²) in [5, 5.41) is 11.5. The van der Waals surface area contributed by atoms with Crippen LogP contribution in [0.15, 0.2) is 71.6 Å². The predicted octanol–water partition coefficient (Wildman–Crippen LogP) is 4.64. The molecule has 202 valence electrons. The summed E-state index contributed by atoms with van der Waals surface area (Å²) in [6.45, 7) is 0.268. The van der Waals surface area contributed by atoms with E-state index in [9.17, 15) is 31.2 Å². The summed E-state index contributed by atoms with van der Waals surface area (Å²) >= 11 is 6.17. The van der Waals surface area contributed by atoms with E-state index in [0.717, 1.165) is 16.4 Å². The molecular formula is C25H22ClF3N2O6S. The molecule has 1 amide bonds. The van der Waals surface area contributed by atoms with Crippen LogP contribution in [0.1, 0.15) is 16.7 Å². The minimum atomic E-state index is -4.65. The lowest BCUT2D eigenvalue weighted by molar-refractivity contribution is -0.139. The smallest absolute Gasteiger partial charge is 0.416 e. The molecule has 3 aromatic carbocycles. The Balaban J connectivity index is 1.86. The first-order chi connectivity index (χ1) is 17.8. The number of rotatable bonds is 10. The molecule has 2 N–H and O–H groups in total. The van der Waals surface area contributed by atoms with Gasteiger partial charge in [0.2, 0.25) is 5.91 Å². The molecule has 0 aliphatic heterocycles. The molecule has 38 heavy (non-hydrogen) atoms. The van der Waals surface area contributed by atoms with E-state index in [1.54, 1.807) is 19.1 Å². The number of carbonyl (C=O) groups is 2. The van der Waals surface area contributed by atoms with Gasteiger partial charge < -0.3 is 15.2 Å². The van der Waals surface area contributed by atoms with Gasteiger partial charge in [0.05, 0.1) is 16.1 Å². The van der Waals surface area contributed by atoms with Crippen LogP contribution >= 0.6 is 11.6 Å². The highest BCUT2D eigenvalue weighted by Gasteiger charge is 2.33. The monoisotopic (exact) mass is 570 g/mol. The highest BCUT2D eigenvalue weighted by molar-refractivity contribution is 7.92. The van der Waals surface area contributed by atoms with Crippen molar-refractivity contribution in [3.8, 4) is 5.75 Å². The lowest BCUT2D eigenvalue weighted by Crippen LogP contribution is -2.41. The van der Waals surface area contributed by atoms with Gasteiger partial charge in [0, 0.05) is 11.6 Å². The SMILES string of the molecule is Cc1c(Cl)cccc1N(CC(=O)NCc1cccc(OCC(=O)O)c1)S(=O)(=O)c1ccc(C(F)(F)F)cc1. The van der Waals surface area contributed by atoms with Crippen molar-refractivity contribution in [2.24, 2.45) is 0 Å². The zero-order chi connectivity index (χ0) is 28.1. The number of nitrogens with zero attached hydrogens (tertiary/aromatic N) is 1. The maximum Gasteiger partial charge on any atom is 0.416 e. The van der Waals surface area contributed by atoms with Crippen molar-refractivity contribution in [2.75, 3.05) is 17.5 Å². The van der Waals surface area contributed by atoms with Crippen LogP contribution in [0.4, 0.5) is 18.9 Å². The fourth-order valence-corrected chi connectivity index (χ4v) is 5.03. The van der Waals surface area contributed by atoms with Crippen LogP contribution < -0.4 is 14.4 Å². The number of sulfonamides is 1. The number of hydrogen-bond donors (Lipinski definition) is 2. The molecule has 3 rings (SSSR count). The fraction of sp³-hybridized carbons (Fsp3) is 0.200. The molecule has 0 spiro atoms. The summed E-state index contributed by atoms with van der Waals surface area (Å²) in [6.07, 6.45) is -4.65. The Morgan fingerprint density at radius 3 is 2.34 bits per heavy atom. The van der Waals surface area contributed by atoms with E-state index in [2.05, 4.69) is 5.32 Å². The van der Waals surface area contributed by atoms with Crippen LogP contribution in [0.5, 0.6) is 5.75 Å². The number of carboxylic acid groups (broad SMARTS) is 1. The van der Waals surface area contributed by atoms with Gasteiger partial charge in [-0.25, -0.2) is 13.2 Å². The molecule has 13 heteroatoms. The number of aliphatic carboxylic acids is 1. The first kappa shape index (κ1) is 28.8. The first-order valence-electron chi connectivity index (χ1n) is 10.9. The third-order valence-electron chi connectivity index (χ3n) is 5.32. The normalized spacial score (nSPS) is 11.6. The quantitative estimate of drug-likeness (QED) is 0.367. The Morgan fingerprint density at radius 2 is 1.71 bits per heavy atom. The average molecular weight is 571 g/mol. The summed E-state index contributed by atoms with van der Waals surface area (Å²) in [6, 6.07) is 13.7. The Labute approximate surface area is 221 Å². The third-order valence-corrected chi connectivity index (χ3v) is 7.50. The van der Waals surface area contributed by atoms with Crippen molar-refractivity contribution < 1.29 is 41.0 Å². The Hall–Kier alpha value is -3.77. The van der Waals surface area contributed by atoms with Gasteiger partial charge >= 0.3 is 12.1 Å². The van der Waals surface area contributed by atoms with Crippen molar-refractivity contribution >= 4 is 39.2 Å². The molecule has 3 aromatic rings. The Kier molecular flexibility index (Phi) is 8.89. The zero-order valence-corrected chi connectivity index (χ0v) is 21.4. The number of amides is 1. The highest BCUT2D eigenvalue weighted by atomic mass is 35.5. The maximum absolute atomic E-state index is 13.5. The molecule has 0 bridgehead atoms. The second kappa shape index (κ2) is 11.7. The summed E-state index contributed by atoms with van der Waals surface area (Å²) in [5.74, 6) is -1.61. The molecule has 0 atom stereocenters. The fourth-order valence-electron chi connectivity index (χ4n) is 3.39. The second-order valence-corrected chi connectivity index (χ2v) is 10.3. The van der Waals surface area contributed by atoms with Crippen LogP contribution in [0.25, 0.3) is 0 Å². The van der Waals surface area contributed by atoms with E-state index in [4.69, 9.17) is 21.4 Å². The van der Waals surface area contributed by atoms with Crippen molar-refractivity contribution in [3.05, 3.63) is 88.4 Å². The van der Waals surface area contributed by atoms with Crippen LogP contribution in [0.3, 0.4) is 0 Å². The minimum absolute atomic E-state index is 0.0359. The number of nitrogens with one attached hydrogen (secondary N) is 1. The van der Waals surface area contributed by atoms with Gasteiger partial charge in [0.25, 0.3) is 10.0 Å². The van der Waals surface area contributed by atoms with E-state index in [-0.39, 0.29) is 23.0 Å². The molecule has 0 saturated heterocycles. The van der Waals surface area contributed by atoms with Crippen molar-refractivity contribution in [1.29, 1.82) is 0 Å². The number of alkyl halides is 3. The van der Waals surface area contributed by atoms with Crippen LogP contribution in [-0.4, -0.2) is 38.6 Å². The molecule has 0 fully saturated rings. The second-order valence-electron chi connectivity index (χ2n) is 8.02. The molecule has 0 aliphatic carbocycles. The molecule has 0 unspecified atom stereocenters. The lowest BCUT2D eigenvalue weighted by Gasteiger charge is -2.26. The summed E-state index contributed by atoms with van der Waals surface area (Å²) in [5.41, 5.74) is -0.0380. The van der Waals surface area contributed by atoms with Crippen molar-refractivity contribution in [3.63, 3.8) is 0 Å². The molecular weight excluding hydrogens is 549 g/mol. The van der Waals surface area contributed by atoms with E-state index in [0.29, 0.717) is 23.3 Å². The van der Waals surface area contributed by atoms with Gasteiger partial charge in [0.15, 0.2) is 6.61 Å². The summed E-state index contributed by atoms with van der Waals surface area (Å²) < 4.78 is 71.8. The number of hydrogen-bond acceptors (Lipinski definition) is 5. The molecule has 8 nitrogen and oxygen atoms in total. The largest absolute Gasteiger partial charge is 0.482 e. The Bertz CT molecular complexity index is 1430. The number of carboxylic acids is 1. The number of carbonyl (C=O) groups excluding carboxylic acids is 1. The van der Waals surface area contributed by atoms with Gasteiger partial charge in [-0.3, -0.25) is 9.10 Å². The van der Waals surface area contributed by atoms with Gasteiger partial charge in [-0.2, -0.15) is 13.2 Å². The topological polar surface area (TPSA) is 113 Å². The molecule has 0 aromatic heterocycles. The first-order valence-corrected chi connectivity index (χ1v) is 12.8. The van der Waals surface area contributed by atoms with Crippen LogP contribution in [-0.2, 0) is 32.3 Å². The third kappa shape index (κ3) is 7.17. The summed E-state index contributed by atoms with van der Waals surface area (Å²) in [7, 11) is -4.48. The molecule has 0 saturated carbocycles. The zero-order valence-electron chi connectivity index (χ0n) is 19.8. The summed E-state index contributed by atoms with van der Waals surface area (Å²) in [4.78, 5) is 23.1. The molecule has 0 aliphatic rings. The van der Waals surface area contributed by atoms with Gasteiger partial charge in [-0.1, -0.05) is 29.8 Å².